The summed E-state index contributed by atoms with van der Waals surface area (Å²) in [5.41, 5.74) is 4.44. The third kappa shape index (κ3) is 5.27. The van der Waals surface area contributed by atoms with Crippen molar-refractivity contribution in [3.8, 4) is 11.3 Å². The van der Waals surface area contributed by atoms with E-state index in [1.54, 1.807) is 12.4 Å². The summed E-state index contributed by atoms with van der Waals surface area (Å²) in [7, 11) is 0. The van der Waals surface area contributed by atoms with Crippen molar-refractivity contribution < 1.29 is 9.53 Å². The molecular formula is C20H22N4O2S. The van der Waals surface area contributed by atoms with Crippen molar-refractivity contribution in [3.63, 3.8) is 0 Å². The number of carbonyl (C=O) groups excluding carboxylic acids is 1. The lowest BCUT2D eigenvalue weighted by molar-refractivity contribution is 0.147. The van der Waals surface area contributed by atoms with E-state index in [0.29, 0.717) is 18.2 Å². The lowest BCUT2D eigenvalue weighted by Crippen LogP contribution is -2.16. The average molecular weight is 382 g/mol. The topological polar surface area (TPSA) is 76.1 Å². The molecule has 0 atom stereocenters. The van der Waals surface area contributed by atoms with Gasteiger partial charge < -0.3 is 10.1 Å². The minimum Gasteiger partial charge on any atom is -0.449 e. The SMILES string of the molecule is Cc1ccc(NC(=O)OCC(C)C)cc1Nc1nc(-c2cccnc2)cs1. The van der Waals surface area contributed by atoms with Gasteiger partial charge in [0, 0.05) is 34.7 Å². The highest BCUT2D eigenvalue weighted by atomic mass is 32.1. The molecule has 0 aliphatic rings. The number of thiazole rings is 1. The monoisotopic (exact) mass is 382 g/mol. The highest BCUT2D eigenvalue weighted by Crippen LogP contribution is 2.29. The second kappa shape index (κ2) is 8.64. The standard InChI is InChI=1S/C20H22N4O2S/c1-13(2)11-26-20(25)22-16-7-6-14(3)17(9-16)23-19-24-18(12-27-19)15-5-4-8-21-10-15/h4-10,12-13H,11H2,1-3H3,(H,22,25)(H,23,24). The Labute approximate surface area is 162 Å². The van der Waals surface area contributed by atoms with Crippen molar-refractivity contribution in [1.82, 2.24) is 9.97 Å². The Morgan fingerprint density at radius 3 is 2.89 bits per heavy atom. The largest absolute Gasteiger partial charge is 0.449 e. The molecule has 0 spiro atoms. The first-order valence-electron chi connectivity index (χ1n) is 8.68. The Morgan fingerprint density at radius 1 is 1.30 bits per heavy atom. The quantitative estimate of drug-likeness (QED) is 0.592. The van der Waals surface area contributed by atoms with Gasteiger partial charge in [-0.1, -0.05) is 19.9 Å². The van der Waals surface area contributed by atoms with Crippen LogP contribution < -0.4 is 10.6 Å². The van der Waals surface area contributed by atoms with Gasteiger partial charge in [0.1, 0.15) is 0 Å². The number of amides is 1. The van der Waals surface area contributed by atoms with Crippen molar-refractivity contribution >= 4 is 33.9 Å². The summed E-state index contributed by atoms with van der Waals surface area (Å²) in [5, 5.41) is 8.84. The Hall–Kier alpha value is -2.93. The number of aromatic nitrogens is 2. The van der Waals surface area contributed by atoms with Gasteiger partial charge in [0.05, 0.1) is 12.3 Å². The lowest BCUT2D eigenvalue weighted by atomic mass is 10.2. The molecule has 0 aliphatic carbocycles. The average Bonchev–Trinajstić information content (AvgIpc) is 3.12. The molecule has 2 N–H and O–H groups in total. The summed E-state index contributed by atoms with van der Waals surface area (Å²) >= 11 is 1.52. The Morgan fingerprint density at radius 2 is 2.15 bits per heavy atom. The molecule has 140 valence electrons. The number of anilines is 3. The van der Waals surface area contributed by atoms with Crippen LogP contribution >= 0.6 is 11.3 Å². The maximum Gasteiger partial charge on any atom is 0.411 e. The maximum atomic E-state index is 11.9. The van der Waals surface area contributed by atoms with E-state index in [9.17, 15) is 4.79 Å². The van der Waals surface area contributed by atoms with Crippen LogP contribution in [-0.4, -0.2) is 22.7 Å². The molecular weight excluding hydrogens is 360 g/mol. The first-order valence-corrected chi connectivity index (χ1v) is 9.56. The molecule has 27 heavy (non-hydrogen) atoms. The number of carbonyl (C=O) groups is 1. The second-order valence-corrected chi connectivity index (χ2v) is 7.41. The highest BCUT2D eigenvalue weighted by molar-refractivity contribution is 7.14. The van der Waals surface area contributed by atoms with Gasteiger partial charge in [0.25, 0.3) is 0 Å². The van der Waals surface area contributed by atoms with Crippen LogP contribution in [0.3, 0.4) is 0 Å². The third-order valence-electron chi connectivity index (χ3n) is 3.73. The number of nitrogens with zero attached hydrogens (tertiary/aromatic N) is 2. The molecule has 3 aromatic rings. The molecule has 7 heteroatoms. The third-order valence-corrected chi connectivity index (χ3v) is 4.49. The van der Waals surface area contributed by atoms with Crippen LogP contribution in [0.5, 0.6) is 0 Å². The zero-order valence-electron chi connectivity index (χ0n) is 15.5. The predicted octanol–water partition coefficient (Wildman–Crippen LogP) is 5.46. The van der Waals surface area contributed by atoms with E-state index in [1.165, 1.54) is 11.3 Å². The van der Waals surface area contributed by atoms with Gasteiger partial charge in [-0.25, -0.2) is 9.78 Å². The number of nitrogens with one attached hydrogen (secondary N) is 2. The molecule has 0 aliphatic heterocycles. The van der Waals surface area contributed by atoms with E-state index in [4.69, 9.17) is 4.74 Å². The number of pyridine rings is 1. The summed E-state index contributed by atoms with van der Waals surface area (Å²) in [6.45, 7) is 6.38. The summed E-state index contributed by atoms with van der Waals surface area (Å²) in [6.07, 6.45) is 3.08. The van der Waals surface area contributed by atoms with Gasteiger partial charge >= 0.3 is 6.09 Å². The van der Waals surface area contributed by atoms with E-state index in [0.717, 1.165) is 27.6 Å². The molecule has 0 bridgehead atoms. The van der Waals surface area contributed by atoms with E-state index in [-0.39, 0.29) is 0 Å². The zero-order chi connectivity index (χ0) is 19.2. The summed E-state index contributed by atoms with van der Waals surface area (Å²) < 4.78 is 5.16. The van der Waals surface area contributed by atoms with E-state index < -0.39 is 6.09 Å². The van der Waals surface area contributed by atoms with Crippen LogP contribution in [0.25, 0.3) is 11.3 Å². The summed E-state index contributed by atoms with van der Waals surface area (Å²) in [5.74, 6) is 0.296. The van der Waals surface area contributed by atoms with Crippen LogP contribution in [0.2, 0.25) is 0 Å². The molecule has 0 unspecified atom stereocenters. The van der Waals surface area contributed by atoms with E-state index >= 15 is 0 Å². The molecule has 0 fully saturated rings. The minimum atomic E-state index is -0.452. The van der Waals surface area contributed by atoms with Crippen molar-refractivity contribution in [2.75, 3.05) is 17.2 Å². The Kier molecular flexibility index (Phi) is 6.03. The van der Waals surface area contributed by atoms with Crippen LogP contribution in [0.4, 0.5) is 21.3 Å². The van der Waals surface area contributed by atoms with E-state index in [1.807, 2.05) is 56.5 Å². The van der Waals surface area contributed by atoms with Crippen molar-refractivity contribution in [2.45, 2.75) is 20.8 Å². The lowest BCUT2D eigenvalue weighted by Gasteiger charge is -2.12. The van der Waals surface area contributed by atoms with Crippen LogP contribution in [-0.2, 0) is 4.74 Å². The van der Waals surface area contributed by atoms with Gasteiger partial charge in [-0.2, -0.15) is 0 Å². The van der Waals surface area contributed by atoms with Crippen molar-refractivity contribution in [2.24, 2.45) is 5.92 Å². The van der Waals surface area contributed by atoms with Crippen LogP contribution in [0.15, 0.2) is 48.1 Å². The zero-order valence-corrected chi connectivity index (χ0v) is 16.3. The molecule has 0 radical (unpaired) electrons. The summed E-state index contributed by atoms with van der Waals surface area (Å²) in [6, 6.07) is 9.52. The fourth-order valence-electron chi connectivity index (χ4n) is 2.32. The predicted molar refractivity (Wildman–Crippen MR) is 110 cm³/mol. The first kappa shape index (κ1) is 18.8. The normalized spacial score (nSPS) is 10.7. The van der Waals surface area contributed by atoms with Gasteiger partial charge in [-0.3, -0.25) is 10.3 Å². The molecule has 6 nitrogen and oxygen atoms in total. The molecule has 1 amide bonds. The smallest absolute Gasteiger partial charge is 0.411 e. The number of aryl methyl sites for hydroxylation is 1. The molecule has 0 saturated heterocycles. The number of hydrogen-bond acceptors (Lipinski definition) is 6. The maximum absolute atomic E-state index is 11.9. The van der Waals surface area contributed by atoms with Gasteiger partial charge in [-0.05, 0) is 42.7 Å². The highest BCUT2D eigenvalue weighted by Gasteiger charge is 2.09. The van der Waals surface area contributed by atoms with Gasteiger partial charge in [-0.15, -0.1) is 11.3 Å². The van der Waals surface area contributed by atoms with Crippen molar-refractivity contribution in [1.29, 1.82) is 0 Å². The summed E-state index contributed by atoms with van der Waals surface area (Å²) in [4.78, 5) is 20.6. The Balaban J connectivity index is 1.70. The van der Waals surface area contributed by atoms with Crippen LogP contribution in [0.1, 0.15) is 19.4 Å². The Bertz CT molecular complexity index is 909. The molecule has 0 saturated carbocycles. The van der Waals surface area contributed by atoms with Crippen molar-refractivity contribution in [3.05, 3.63) is 53.7 Å². The molecule has 1 aromatic carbocycles. The minimum absolute atomic E-state index is 0.296. The molecule has 3 rings (SSSR count). The fourth-order valence-corrected chi connectivity index (χ4v) is 3.06. The number of ether oxygens (including phenoxy) is 1. The number of rotatable bonds is 6. The van der Waals surface area contributed by atoms with Gasteiger partial charge in [0.15, 0.2) is 5.13 Å². The molecule has 2 heterocycles. The number of benzene rings is 1. The van der Waals surface area contributed by atoms with E-state index in [2.05, 4.69) is 20.6 Å². The number of hydrogen-bond donors (Lipinski definition) is 2. The van der Waals surface area contributed by atoms with Crippen LogP contribution in [0, 0.1) is 12.8 Å². The molecule has 2 aromatic heterocycles. The first-order chi connectivity index (χ1) is 13.0. The fraction of sp³-hybridized carbons (Fsp3) is 0.250. The second-order valence-electron chi connectivity index (χ2n) is 6.55. The van der Waals surface area contributed by atoms with Gasteiger partial charge in [0.2, 0.25) is 0 Å².